The fourth-order valence-corrected chi connectivity index (χ4v) is 3.91. The Kier molecular flexibility index (Phi) is 6.93. The van der Waals surface area contributed by atoms with Crippen molar-refractivity contribution in [3.63, 3.8) is 0 Å². The Morgan fingerprint density at radius 1 is 1.13 bits per heavy atom. The molecule has 1 amide bonds. The normalized spacial score (nSPS) is 22.9. The minimum Gasteiger partial charge on any atom is -0.314 e. The van der Waals surface area contributed by atoms with E-state index in [9.17, 15) is 4.79 Å². The lowest BCUT2D eigenvalue weighted by atomic mass is 10.2. The summed E-state index contributed by atoms with van der Waals surface area (Å²) in [7, 11) is 0. The summed E-state index contributed by atoms with van der Waals surface area (Å²) in [5, 5.41) is 17.0. The van der Waals surface area contributed by atoms with Crippen molar-refractivity contribution in [2.75, 3.05) is 39.3 Å². The smallest absolute Gasteiger partial charge is 0.259 e. The van der Waals surface area contributed by atoms with E-state index in [0.29, 0.717) is 29.0 Å². The molecule has 4 rings (SSSR count). The Morgan fingerprint density at radius 3 is 2.73 bits per heavy atom. The number of piperazine rings is 1. The molecule has 0 radical (unpaired) electrons. The van der Waals surface area contributed by atoms with Crippen LogP contribution in [-0.4, -0.2) is 72.9 Å². The van der Waals surface area contributed by atoms with Gasteiger partial charge in [-0.1, -0.05) is 34.5 Å². The van der Waals surface area contributed by atoms with Crippen molar-refractivity contribution in [3.8, 4) is 0 Å². The number of nitrogens with zero attached hydrogens (tertiary/aromatic N) is 6. The molecule has 160 valence electrons. The fourth-order valence-electron chi connectivity index (χ4n) is 3.59. The van der Waals surface area contributed by atoms with Crippen LogP contribution in [0.5, 0.6) is 0 Å². The van der Waals surface area contributed by atoms with Gasteiger partial charge in [0, 0.05) is 32.7 Å². The second-order valence-corrected chi connectivity index (χ2v) is 8.22. The van der Waals surface area contributed by atoms with Crippen LogP contribution in [0.4, 0.5) is 0 Å². The highest BCUT2D eigenvalue weighted by Gasteiger charge is 2.39. The fraction of sp³-hybridized carbons (Fsp3) is 0.526. The van der Waals surface area contributed by atoms with E-state index >= 15 is 0 Å². The van der Waals surface area contributed by atoms with Crippen molar-refractivity contribution >= 4 is 40.9 Å². The van der Waals surface area contributed by atoms with Gasteiger partial charge in [-0.25, -0.2) is 4.99 Å². The number of amides is 1. The number of unbranched alkanes of at least 4 members (excludes halogenated alkanes) is 1. The molecule has 1 saturated heterocycles. The van der Waals surface area contributed by atoms with E-state index in [1.807, 2.05) is 6.07 Å². The summed E-state index contributed by atoms with van der Waals surface area (Å²) in [5.41, 5.74) is 0.868. The number of benzene rings is 1. The second-order valence-electron chi connectivity index (χ2n) is 7.40. The van der Waals surface area contributed by atoms with Gasteiger partial charge in [-0.2, -0.15) is 4.99 Å². The van der Waals surface area contributed by atoms with E-state index in [0.717, 1.165) is 51.1 Å². The topological polar surface area (TPSA) is 97.0 Å². The molecule has 2 N–H and O–H groups in total. The molecule has 1 fully saturated rings. The molecule has 0 bridgehead atoms. The van der Waals surface area contributed by atoms with Crippen molar-refractivity contribution in [2.24, 2.45) is 20.3 Å². The first-order chi connectivity index (χ1) is 14.6. The van der Waals surface area contributed by atoms with Gasteiger partial charge in [0.05, 0.1) is 16.6 Å². The molecular weight excluding hydrogens is 427 g/mol. The van der Waals surface area contributed by atoms with Crippen LogP contribution in [0.1, 0.15) is 18.4 Å². The zero-order valence-corrected chi connectivity index (χ0v) is 18.0. The van der Waals surface area contributed by atoms with Crippen LogP contribution in [0.2, 0.25) is 10.0 Å². The van der Waals surface area contributed by atoms with Crippen LogP contribution in [0.15, 0.2) is 38.5 Å². The van der Waals surface area contributed by atoms with E-state index in [1.54, 1.807) is 17.1 Å². The average molecular weight is 451 g/mol. The average Bonchev–Trinajstić information content (AvgIpc) is 3.16. The number of hydrogen-bond acceptors (Lipinski definition) is 7. The number of hydrogen-bond donors (Lipinski definition) is 2. The van der Waals surface area contributed by atoms with Gasteiger partial charge in [-0.15, -0.1) is 5.11 Å². The van der Waals surface area contributed by atoms with Crippen molar-refractivity contribution in [1.29, 1.82) is 0 Å². The van der Waals surface area contributed by atoms with Gasteiger partial charge < -0.3 is 10.2 Å². The number of halogens is 2. The first-order valence-corrected chi connectivity index (χ1v) is 10.8. The monoisotopic (exact) mass is 450 g/mol. The van der Waals surface area contributed by atoms with Gasteiger partial charge in [-0.05, 0) is 37.1 Å². The second kappa shape index (κ2) is 9.82. The van der Waals surface area contributed by atoms with Crippen molar-refractivity contribution in [1.82, 2.24) is 20.5 Å². The number of carbonyl (C=O) groups excluding carboxylic acids is 1. The van der Waals surface area contributed by atoms with E-state index in [-0.39, 0.29) is 11.9 Å². The first kappa shape index (κ1) is 21.2. The van der Waals surface area contributed by atoms with Crippen LogP contribution >= 0.6 is 23.2 Å². The summed E-state index contributed by atoms with van der Waals surface area (Å²) in [4.78, 5) is 23.8. The largest absolute Gasteiger partial charge is 0.314 e. The molecule has 30 heavy (non-hydrogen) atoms. The zero-order valence-electron chi connectivity index (χ0n) is 16.5. The van der Waals surface area contributed by atoms with Crippen molar-refractivity contribution in [3.05, 3.63) is 33.8 Å². The van der Waals surface area contributed by atoms with Crippen LogP contribution in [0.25, 0.3) is 0 Å². The molecule has 9 nitrogen and oxygen atoms in total. The summed E-state index contributed by atoms with van der Waals surface area (Å²) in [6.07, 6.45) is 2.00. The van der Waals surface area contributed by atoms with Gasteiger partial charge in [0.25, 0.3) is 5.91 Å². The van der Waals surface area contributed by atoms with Crippen LogP contribution in [0, 0.1) is 0 Å². The molecule has 3 aliphatic rings. The Balaban J connectivity index is 1.30. The Hall–Kier alpha value is -2.07. The quantitative estimate of drug-likeness (QED) is 0.621. The van der Waals surface area contributed by atoms with Crippen molar-refractivity contribution < 1.29 is 4.79 Å². The third-order valence-corrected chi connectivity index (χ3v) is 5.96. The number of nitrogens with one attached hydrogen (secondary N) is 2. The Labute approximate surface area is 185 Å². The molecule has 0 aromatic heterocycles. The van der Waals surface area contributed by atoms with Gasteiger partial charge in [0.1, 0.15) is 0 Å². The van der Waals surface area contributed by atoms with Gasteiger partial charge in [0.15, 0.2) is 11.9 Å². The van der Waals surface area contributed by atoms with Gasteiger partial charge >= 0.3 is 0 Å². The summed E-state index contributed by atoms with van der Waals surface area (Å²) < 4.78 is 0. The highest BCUT2D eigenvalue weighted by Crippen LogP contribution is 2.23. The summed E-state index contributed by atoms with van der Waals surface area (Å²) in [6, 6.07) is 4.71. The predicted molar refractivity (Wildman–Crippen MR) is 117 cm³/mol. The van der Waals surface area contributed by atoms with Crippen molar-refractivity contribution in [2.45, 2.75) is 25.4 Å². The third-order valence-electron chi connectivity index (χ3n) is 5.23. The molecule has 0 saturated carbocycles. The molecule has 11 heteroatoms. The zero-order chi connectivity index (χ0) is 20.9. The highest BCUT2D eigenvalue weighted by atomic mass is 35.5. The van der Waals surface area contributed by atoms with E-state index < -0.39 is 6.04 Å². The molecule has 1 aromatic carbocycles. The van der Waals surface area contributed by atoms with Crippen LogP contribution in [0.3, 0.4) is 0 Å². The lowest BCUT2D eigenvalue weighted by molar-refractivity contribution is -0.122. The standard InChI is InChI=1S/C19H24Cl2N8O/c20-14-4-3-13(11-15(14)21)12-23-19-24-17-16(18(30)25-19)29(27-26-17)8-2-1-7-28-9-5-22-6-10-28/h3-4,11,16,22H,1-2,5-10,12H2,(H,23,25,30). The molecule has 3 aliphatic heterocycles. The lowest BCUT2D eigenvalue weighted by Gasteiger charge is -2.27. The maximum Gasteiger partial charge on any atom is 0.259 e. The third kappa shape index (κ3) is 5.15. The summed E-state index contributed by atoms with van der Waals surface area (Å²) >= 11 is 12.0. The van der Waals surface area contributed by atoms with Crippen LogP contribution < -0.4 is 10.6 Å². The molecule has 3 heterocycles. The van der Waals surface area contributed by atoms with Gasteiger partial charge in [0.2, 0.25) is 5.96 Å². The minimum absolute atomic E-state index is 0.208. The number of carbonyl (C=O) groups is 1. The SMILES string of the molecule is O=C1NC(=NCc2ccc(Cl)c(Cl)c2)N=C2N=NN(CCCCN3CCNCC3)C12. The number of aliphatic imine (C=N–C) groups is 2. The van der Waals surface area contributed by atoms with E-state index in [1.165, 1.54) is 0 Å². The molecule has 0 spiro atoms. The number of amidine groups is 1. The molecule has 1 unspecified atom stereocenters. The molecule has 1 atom stereocenters. The minimum atomic E-state index is -0.576. The first-order valence-electron chi connectivity index (χ1n) is 10.1. The highest BCUT2D eigenvalue weighted by molar-refractivity contribution is 6.42. The molecule has 1 aromatic rings. The molecule has 0 aliphatic carbocycles. The van der Waals surface area contributed by atoms with Gasteiger partial charge in [-0.3, -0.25) is 15.1 Å². The maximum absolute atomic E-state index is 12.6. The van der Waals surface area contributed by atoms with Crippen LogP contribution in [-0.2, 0) is 11.3 Å². The summed E-state index contributed by atoms with van der Waals surface area (Å²) in [6.45, 7) is 6.35. The van der Waals surface area contributed by atoms with E-state index in [2.05, 4.69) is 35.9 Å². The Bertz CT molecular complexity index is 881. The number of rotatable bonds is 7. The van der Waals surface area contributed by atoms with E-state index in [4.69, 9.17) is 23.2 Å². The summed E-state index contributed by atoms with van der Waals surface area (Å²) in [5.74, 6) is 0.408. The predicted octanol–water partition coefficient (Wildman–Crippen LogP) is 2.11. The maximum atomic E-state index is 12.6. The number of fused-ring (bicyclic) bond motifs is 1. The Morgan fingerprint density at radius 2 is 1.93 bits per heavy atom. The lowest BCUT2D eigenvalue weighted by Crippen LogP contribution is -2.52. The molecular formula is C19H24Cl2N8O. The number of guanidine groups is 1.